The second-order valence-electron chi connectivity index (χ2n) is 17.3. The quantitative estimate of drug-likeness (QED) is 0.133. The smallest absolute Gasteiger partial charge is 0.135 e. The summed E-state index contributed by atoms with van der Waals surface area (Å²) in [4.78, 5) is 0. The Labute approximate surface area is 385 Å². The van der Waals surface area contributed by atoms with Gasteiger partial charge in [-0.1, -0.05) is 185 Å². The average Bonchev–Trinajstić information content (AvgIpc) is 4.03. The molecule has 318 valence electrons. The third-order valence-corrected chi connectivity index (χ3v) is 13.0. The van der Waals surface area contributed by atoms with Gasteiger partial charge in [-0.15, -0.1) is 0 Å². The van der Waals surface area contributed by atoms with Crippen molar-refractivity contribution in [3.63, 3.8) is 0 Å². The van der Waals surface area contributed by atoms with Crippen molar-refractivity contribution in [2.75, 3.05) is 0 Å². The predicted octanol–water partition coefficient (Wildman–Crippen LogP) is 17.9. The minimum Gasteiger partial charge on any atom is -0.456 e. The van der Waals surface area contributed by atoms with E-state index in [4.69, 9.17) is 4.42 Å². The lowest BCUT2D eigenvalue weighted by Crippen LogP contribution is -1.97. The first-order chi connectivity index (χ1) is 32.6. The SMILES string of the molecule is C=C/C=C\C(C)CCC.c1ccc(-c2ccc(-c3cccc(-c4ccc5c(c4)c4ccccc4n5-c4ccc5c6ccccc6n(-c6ccc7oc8ccccc8c7c6)c5c4)c3)cc2)cc1. The number of fused-ring (bicyclic) bond motifs is 9. The molecule has 0 aliphatic heterocycles. The highest BCUT2D eigenvalue weighted by Gasteiger charge is 2.18. The summed E-state index contributed by atoms with van der Waals surface area (Å²) in [5.74, 6) is 0.716. The van der Waals surface area contributed by atoms with Crippen molar-refractivity contribution >= 4 is 65.6 Å². The van der Waals surface area contributed by atoms with Gasteiger partial charge in [0.05, 0.1) is 22.1 Å². The third-order valence-electron chi connectivity index (χ3n) is 13.0. The van der Waals surface area contributed by atoms with Crippen molar-refractivity contribution in [2.24, 2.45) is 5.92 Å². The van der Waals surface area contributed by atoms with Crippen LogP contribution in [-0.4, -0.2) is 9.13 Å². The molecule has 12 rings (SSSR count). The number of aromatic nitrogens is 2. The molecule has 0 fully saturated rings. The number of benzene rings is 9. The molecule has 0 aliphatic carbocycles. The largest absolute Gasteiger partial charge is 0.456 e. The van der Waals surface area contributed by atoms with Crippen LogP contribution in [0.1, 0.15) is 26.7 Å². The number of rotatable bonds is 9. The van der Waals surface area contributed by atoms with Gasteiger partial charge in [-0.3, -0.25) is 0 Å². The average molecular weight is 851 g/mol. The lowest BCUT2D eigenvalue weighted by Gasteiger charge is -2.12. The molecule has 3 heterocycles. The summed E-state index contributed by atoms with van der Waals surface area (Å²) in [6, 6.07) is 74.6. The fourth-order valence-electron chi connectivity index (χ4n) is 9.84. The maximum Gasteiger partial charge on any atom is 0.135 e. The molecule has 3 nitrogen and oxygen atoms in total. The Morgan fingerprint density at radius 3 is 1.68 bits per heavy atom. The van der Waals surface area contributed by atoms with Gasteiger partial charge in [0.15, 0.2) is 0 Å². The lowest BCUT2D eigenvalue weighted by atomic mass is 9.96. The van der Waals surface area contributed by atoms with Crippen LogP contribution >= 0.6 is 0 Å². The number of hydrogen-bond donors (Lipinski definition) is 0. The Bertz CT molecular complexity index is 3750. The summed E-state index contributed by atoms with van der Waals surface area (Å²) in [5, 5.41) is 7.18. The molecule has 0 radical (unpaired) electrons. The molecule has 3 aromatic heterocycles. The van der Waals surface area contributed by atoms with E-state index in [-0.39, 0.29) is 0 Å². The van der Waals surface area contributed by atoms with Gasteiger partial charge >= 0.3 is 0 Å². The highest BCUT2D eigenvalue weighted by molar-refractivity contribution is 6.13. The van der Waals surface area contributed by atoms with Crippen LogP contribution in [0, 0.1) is 5.92 Å². The molecule has 0 bridgehead atoms. The van der Waals surface area contributed by atoms with Crippen LogP contribution in [-0.2, 0) is 0 Å². The second-order valence-corrected chi connectivity index (χ2v) is 17.3. The topological polar surface area (TPSA) is 23.0 Å². The number of hydrogen-bond acceptors (Lipinski definition) is 1. The van der Waals surface area contributed by atoms with Crippen LogP contribution in [0.5, 0.6) is 0 Å². The van der Waals surface area contributed by atoms with E-state index in [1.807, 2.05) is 24.3 Å². The first-order valence-corrected chi connectivity index (χ1v) is 23.1. The summed E-state index contributed by atoms with van der Waals surface area (Å²) in [7, 11) is 0. The van der Waals surface area contributed by atoms with Crippen LogP contribution in [0.3, 0.4) is 0 Å². The Hall–Kier alpha value is -8.14. The van der Waals surface area contributed by atoms with Gasteiger partial charge in [0.2, 0.25) is 0 Å². The van der Waals surface area contributed by atoms with Crippen LogP contribution in [0.4, 0.5) is 0 Å². The third kappa shape index (κ3) is 7.39. The molecule has 0 saturated carbocycles. The zero-order valence-corrected chi connectivity index (χ0v) is 37.4. The van der Waals surface area contributed by atoms with Gasteiger partial charge in [-0.2, -0.15) is 0 Å². The molecule has 1 atom stereocenters. The predicted molar refractivity (Wildman–Crippen MR) is 282 cm³/mol. The van der Waals surface area contributed by atoms with Gasteiger partial charge in [-0.25, -0.2) is 0 Å². The van der Waals surface area contributed by atoms with E-state index in [9.17, 15) is 0 Å². The molecule has 1 unspecified atom stereocenters. The number of allylic oxidation sites excluding steroid dienone is 3. The Morgan fingerprint density at radius 1 is 0.424 bits per heavy atom. The highest BCUT2D eigenvalue weighted by atomic mass is 16.3. The van der Waals surface area contributed by atoms with Gasteiger partial charge < -0.3 is 13.6 Å². The summed E-state index contributed by atoms with van der Waals surface area (Å²) in [6.45, 7) is 8.04. The molecule has 0 spiro atoms. The van der Waals surface area contributed by atoms with Gasteiger partial charge in [-0.05, 0) is 112 Å². The molecule has 0 saturated heterocycles. The molecule has 0 N–H and O–H groups in total. The first kappa shape index (κ1) is 40.6. The molecule has 12 aromatic rings. The maximum atomic E-state index is 6.22. The monoisotopic (exact) mass is 850 g/mol. The van der Waals surface area contributed by atoms with Crippen molar-refractivity contribution in [1.29, 1.82) is 0 Å². The van der Waals surface area contributed by atoms with Crippen molar-refractivity contribution < 1.29 is 4.42 Å². The van der Waals surface area contributed by atoms with E-state index in [1.54, 1.807) is 0 Å². The summed E-state index contributed by atoms with van der Waals surface area (Å²) in [6.07, 6.45) is 8.58. The summed E-state index contributed by atoms with van der Waals surface area (Å²) >= 11 is 0. The zero-order chi connectivity index (χ0) is 44.6. The fraction of sp³-hybridized carbons (Fsp3) is 0.0794. The van der Waals surface area contributed by atoms with Crippen molar-refractivity contribution in [3.8, 4) is 44.8 Å². The highest BCUT2D eigenvalue weighted by Crippen LogP contribution is 2.40. The molecular weight excluding hydrogens is 801 g/mol. The number of nitrogens with zero attached hydrogens (tertiary/aromatic N) is 2. The summed E-state index contributed by atoms with van der Waals surface area (Å²) < 4.78 is 11.0. The van der Waals surface area contributed by atoms with Gasteiger partial charge in [0.25, 0.3) is 0 Å². The van der Waals surface area contributed by atoms with Crippen molar-refractivity contribution in [3.05, 3.63) is 231 Å². The minimum absolute atomic E-state index is 0.716. The normalized spacial score (nSPS) is 12.2. The van der Waals surface area contributed by atoms with E-state index >= 15 is 0 Å². The van der Waals surface area contributed by atoms with Gasteiger partial charge in [0.1, 0.15) is 11.2 Å². The van der Waals surface area contributed by atoms with Crippen LogP contribution in [0.25, 0.3) is 110 Å². The second kappa shape index (κ2) is 17.4. The Kier molecular flexibility index (Phi) is 10.7. The minimum atomic E-state index is 0.716. The number of para-hydroxylation sites is 3. The van der Waals surface area contributed by atoms with Crippen LogP contribution < -0.4 is 0 Å². The van der Waals surface area contributed by atoms with E-state index in [1.165, 1.54) is 84.3 Å². The van der Waals surface area contributed by atoms with Crippen LogP contribution in [0.15, 0.2) is 235 Å². The van der Waals surface area contributed by atoms with Crippen molar-refractivity contribution in [1.82, 2.24) is 9.13 Å². The van der Waals surface area contributed by atoms with E-state index in [0.29, 0.717) is 5.92 Å². The molecular formula is C63H50N2O. The molecule has 66 heavy (non-hydrogen) atoms. The Balaban J connectivity index is 0.000000487. The Morgan fingerprint density at radius 2 is 0.939 bits per heavy atom. The van der Waals surface area contributed by atoms with E-state index in [2.05, 4.69) is 230 Å². The lowest BCUT2D eigenvalue weighted by molar-refractivity contribution is 0.634. The molecule has 0 aliphatic rings. The molecule has 9 aromatic carbocycles. The van der Waals surface area contributed by atoms with Crippen LogP contribution in [0.2, 0.25) is 0 Å². The first-order valence-electron chi connectivity index (χ1n) is 23.1. The standard InChI is InChI=1S/C54H34N2O.C9H16/c1-2-11-35(12-3-1)36-21-23-37(24-22-36)38-13-10-14-39(31-38)40-25-29-51-47(32-40)44-16-5-8-19-50(44)55(51)42-26-28-45-43-15-4-7-18-49(43)56(52(45)34-42)41-27-30-54-48(33-41)46-17-6-9-20-53(46)57-54;1-4-6-8-9(3)7-5-2/h1-34H;4,6,8-9H,1,5,7H2,2-3H3/b;8-6-. The molecule has 3 heteroatoms. The fourth-order valence-corrected chi connectivity index (χ4v) is 9.84. The summed E-state index contributed by atoms with van der Waals surface area (Å²) in [5.41, 5.74) is 16.0. The van der Waals surface area contributed by atoms with E-state index in [0.717, 1.165) is 38.8 Å². The zero-order valence-electron chi connectivity index (χ0n) is 37.4. The van der Waals surface area contributed by atoms with Crippen molar-refractivity contribution in [2.45, 2.75) is 26.7 Å². The molecule has 0 amide bonds. The number of furan rings is 1. The van der Waals surface area contributed by atoms with Gasteiger partial charge in [0, 0.05) is 43.7 Å². The van der Waals surface area contributed by atoms with E-state index < -0.39 is 0 Å². The maximum absolute atomic E-state index is 6.22.